The minimum atomic E-state index is 0.190. The molecular weight excluding hydrogens is 236 g/mol. The first-order valence-electron chi connectivity index (χ1n) is 7.74. The van der Waals surface area contributed by atoms with Crippen LogP contribution in [0.15, 0.2) is 0 Å². The first kappa shape index (κ1) is 13.1. The van der Waals surface area contributed by atoms with Crippen molar-refractivity contribution in [1.29, 1.82) is 0 Å². The lowest BCUT2D eigenvalue weighted by Crippen LogP contribution is -2.41. The van der Waals surface area contributed by atoms with E-state index in [-0.39, 0.29) is 5.41 Å². The van der Waals surface area contributed by atoms with Gasteiger partial charge >= 0.3 is 0 Å². The summed E-state index contributed by atoms with van der Waals surface area (Å²) in [6.07, 6.45) is 6.70. The van der Waals surface area contributed by atoms with E-state index in [2.05, 4.69) is 40.9 Å². The molecule has 4 heteroatoms. The van der Waals surface area contributed by atoms with E-state index in [4.69, 9.17) is 0 Å². The fourth-order valence-corrected chi connectivity index (χ4v) is 3.54. The van der Waals surface area contributed by atoms with Crippen molar-refractivity contribution in [2.75, 3.05) is 6.54 Å². The van der Waals surface area contributed by atoms with Crippen molar-refractivity contribution >= 4 is 0 Å². The third-order valence-corrected chi connectivity index (χ3v) is 4.59. The molecule has 1 aromatic rings. The van der Waals surface area contributed by atoms with Gasteiger partial charge in [0.1, 0.15) is 5.82 Å². The summed E-state index contributed by atoms with van der Waals surface area (Å²) >= 11 is 0. The minimum absolute atomic E-state index is 0.190. The molecule has 2 heterocycles. The monoisotopic (exact) mass is 262 g/mol. The van der Waals surface area contributed by atoms with Crippen LogP contribution in [0.2, 0.25) is 0 Å². The summed E-state index contributed by atoms with van der Waals surface area (Å²) in [5, 5.41) is 12.7. The fraction of sp³-hybridized carbons (Fsp3) is 0.867. The van der Waals surface area contributed by atoms with Crippen molar-refractivity contribution in [1.82, 2.24) is 20.1 Å². The van der Waals surface area contributed by atoms with Crippen LogP contribution >= 0.6 is 0 Å². The molecule has 3 rings (SSSR count). The van der Waals surface area contributed by atoms with E-state index in [1.165, 1.54) is 37.9 Å². The van der Waals surface area contributed by atoms with Crippen LogP contribution in [0.4, 0.5) is 0 Å². The Kier molecular flexibility index (Phi) is 3.37. The molecule has 0 aromatic carbocycles. The zero-order valence-electron chi connectivity index (χ0n) is 12.4. The molecule has 1 aliphatic carbocycles. The molecule has 0 saturated heterocycles. The van der Waals surface area contributed by atoms with E-state index >= 15 is 0 Å². The summed E-state index contributed by atoms with van der Waals surface area (Å²) in [7, 11) is 0. The van der Waals surface area contributed by atoms with Crippen molar-refractivity contribution in [3.63, 3.8) is 0 Å². The van der Waals surface area contributed by atoms with Crippen molar-refractivity contribution in [3.05, 3.63) is 11.6 Å². The second-order valence-electron chi connectivity index (χ2n) is 7.16. The third-order valence-electron chi connectivity index (χ3n) is 4.59. The van der Waals surface area contributed by atoms with Gasteiger partial charge in [0.15, 0.2) is 5.82 Å². The van der Waals surface area contributed by atoms with Gasteiger partial charge in [0.2, 0.25) is 0 Å². The predicted molar refractivity (Wildman–Crippen MR) is 76.0 cm³/mol. The molecule has 19 heavy (non-hydrogen) atoms. The highest BCUT2D eigenvalue weighted by atomic mass is 15.3. The van der Waals surface area contributed by atoms with Crippen molar-refractivity contribution in [2.45, 2.75) is 71.4 Å². The highest BCUT2D eigenvalue weighted by Gasteiger charge is 2.35. The molecule has 1 aliphatic heterocycles. The number of fused-ring (bicyclic) bond motifs is 1. The fourth-order valence-electron chi connectivity index (χ4n) is 3.54. The van der Waals surface area contributed by atoms with Crippen molar-refractivity contribution < 1.29 is 0 Å². The Labute approximate surface area is 116 Å². The molecule has 1 aromatic heterocycles. The maximum absolute atomic E-state index is 4.56. The number of aromatic nitrogens is 3. The first-order chi connectivity index (χ1) is 9.07. The van der Waals surface area contributed by atoms with Gasteiger partial charge in [-0.2, -0.15) is 0 Å². The Hall–Kier alpha value is -0.900. The molecule has 0 bridgehead atoms. The SMILES string of the molecule is CC(C)(C)C1NCCn2c(C3CCCCC3)nnc21. The Morgan fingerprint density at radius 3 is 2.42 bits per heavy atom. The second kappa shape index (κ2) is 4.89. The number of rotatable bonds is 1. The van der Waals surface area contributed by atoms with E-state index in [1.54, 1.807) is 0 Å². The van der Waals surface area contributed by atoms with Crippen LogP contribution in [0.3, 0.4) is 0 Å². The van der Waals surface area contributed by atoms with Gasteiger partial charge in [-0.25, -0.2) is 0 Å². The van der Waals surface area contributed by atoms with E-state index in [9.17, 15) is 0 Å². The Morgan fingerprint density at radius 2 is 1.74 bits per heavy atom. The number of nitrogens with zero attached hydrogens (tertiary/aromatic N) is 3. The average Bonchev–Trinajstić information content (AvgIpc) is 2.82. The summed E-state index contributed by atoms with van der Waals surface area (Å²) in [6.45, 7) is 8.88. The summed E-state index contributed by atoms with van der Waals surface area (Å²) in [5.41, 5.74) is 0.190. The Balaban J connectivity index is 1.91. The van der Waals surface area contributed by atoms with Gasteiger partial charge < -0.3 is 9.88 Å². The highest BCUT2D eigenvalue weighted by molar-refractivity contribution is 5.11. The molecule has 0 amide bonds. The highest BCUT2D eigenvalue weighted by Crippen LogP contribution is 2.37. The molecule has 106 valence electrons. The van der Waals surface area contributed by atoms with Crippen LogP contribution in [-0.2, 0) is 6.54 Å². The van der Waals surface area contributed by atoms with E-state index < -0.39 is 0 Å². The Morgan fingerprint density at radius 1 is 1.05 bits per heavy atom. The van der Waals surface area contributed by atoms with Gasteiger partial charge in [-0.15, -0.1) is 10.2 Å². The third kappa shape index (κ3) is 2.42. The zero-order valence-corrected chi connectivity index (χ0v) is 12.4. The van der Waals surface area contributed by atoms with Gasteiger partial charge in [0, 0.05) is 19.0 Å². The topological polar surface area (TPSA) is 42.7 Å². The van der Waals surface area contributed by atoms with Crippen LogP contribution in [0, 0.1) is 5.41 Å². The van der Waals surface area contributed by atoms with Crippen LogP contribution in [-0.4, -0.2) is 21.3 Å². The second-order valence-corrected chi connectivity index (χ2v) is 7.16. The smallest absolute Gasteiger partial charge is 0.150 e. The molecule has 1 atom stereocenters. The standard InChI is InChI=1S/C15H26N4/c1-15(2,3)12-14-18-17-13(19(14)10-9-16-12)11-7-5-4-6-8-11/h11-12,16H,4-10H2,1-3H3. The molecule has 0 radical (unpaired) electrons. The molecule has 1 unspecified atom stereocenters. The van der Waals surface area contributed by atoms with Gasteiger partial charge in [-0.1, -0.05) is 40.0 Å². The lowest BCUT2D eigenvalue weighted by Gasteiger charge is -2.35. The number of hydrogen-bond donors (Lipinski definition) is 1. The lowest BCUT2D eigenvalue weighted by molar-refractivity contribution is 0.230. The van der Waals surface area contributed by atoms with Gasteiger partial charge in [-0.05, 0) is 18.3 Å². The maximum atomic E-state index is 4.56. The average molecular weight is 262 g/mol. The molecule has 1 saturated carbocycles. The lowest BCUT2D eigenvalue weighted by atomic mass is 9.85. The van der Waals surface area contributed by atoms with Crippen molar-refractivity contribution in [2.24, 2.45) is 5.41 Å². The maximum Gasteiger partial charge on any atom is 0.150 e. The number of hydrogen-bond acceptors (Lipinski definition) is 3. The van der Waals surface area contributed by atoms with Gasteiger partial charge in [0.25, 0.3) is 0 Å². The largest absolute Gasteiger partial charge is 0.312 e. The molecule has 0 spiro atoms. The molecule has 1 N–H and O–H groups in total. The van der Waals surface area contributed by atoms with Crippen LogP contribution in [0.5, 0.6) is 0 Å². The summed E-state index contributed by atoms with van der Waals surface area (Å²) in [4.78, 5) is 0. The van der Waals surface area contributed by atoms with E-state index in [0.717, 1.165) is 18.9 Å². The quantitative estimate of drug-likeness (QED) is 0.846. The number of nitrogens with one attached hydrogen (secondary N) is 1. The normalized spacial score (nSPS) is 25.3. The van der Waals surface area contributed by atoms with Gasteiger partial charge in [-0.3, -0.25) is 0 Å². The molecule has 4 nitrogen and oxygen atoms in total. The summed E-state index contributed by atoms with van der Waals surface area (Å²) in [5.74, 6) is 3.05. The molecule has 1 fully saturated rings. The molecular formula is C15H26N4. The molecule has 2 aliphatic rings. The van der Waals surface area contributed by atoms with Crippen LogP contribution in [0.1, 0.15) is 76.5 Å². The van der Waals surface area contributed by atoms with Crippen LogP contribution < -0.4 is 5.32 Å². The first-order valence-corrected chi connectivity index (χ1v) is 7.74. The Bertz CT molecular complexity index is 437. The zero-order chi connectivity index (χ0) is 13.5. The van der Waals surface area contributed by atoms with E-state index in [0.29, 0.717) is 12.0 Å². The van der Waals surface area contributed by atoms with Gasteiger partial charge in [0.05, 0.1) is 6.04 Å². The predicted octanol–water partition coefficient (Wildman–Crippen LogP) is 3.02. The minimum Gasteiger partial charge on any atom is -0.312 e. The van der Waals surface area contributed by atoms with Crippen LogP contribution in [0.25, 0.3) is 0 Å². The summed E-state index contributed by atoms with van der Waals surface area (Å²) < 4.78 is 2.41. The van der Waals surface area contributed by atoms with E-state index in [1.807, 2.05) is 0 Å². The van der Waals surface area contributed by atoms with Crippen molar-refractivity contribution in [3.8, 4) is 0 Å². The summed E-state index contributed by atoms with van der Waals surface area (Å²) in [6, 6.07) is 0.325.